The Labute approximate surface area is 90.2 Å². The highest BCUT2D eigenvalue weighted by Crippen LogP contribution is 2.38. The first-order valence-electron chi connectivity index (χ1n) is 4.82. The number of halogens is 2. The fraction of sp³-hybridized carbons (Fsp3) is 0.400. The Bertz CT molecular complexity index is 458. The van der Waals surface area contributed by atoms with Gasteiger partial charge in [0.25, 0.3) is 5.69 Å². The number of nitro groups is 1. The maximum absolute atomic E-state index is 13.0. The average Bonchev–Trinajstić information content (AvgIpc) is 2.89. The molecule has 0 atom stereocenters. The summed E-state index contributed by atoms with van der Waals surface area (Å²) < 4.78 is 25.8. The van der Waals surface area contributed by atoms with Gasteiger partial charge in [0.1, 0.15) is 0 Å². The van der Waals surface area contributed by atoms with Gasteiger partial charge in [0.15, 0.2) is 11.6 Å². The van der Waals surface area contributed by atoms with Crippen LogP contribution in [0.1, 0.15) is 18.4 Å². The first kappa shape index (κ1) is 10.9. The molecule has 6 heteroatoms. The second kappa shape index (κ2) is 3.48. The van der Waals surface area contributed by atoms with Crippen molar-refractivity contribution in [3.63, 3.8) is 0 Å². The summed E-state index contributed by atoms with van der Waals surface area (Å²) in [4.78, 5) is 9.95. The number of rotatable bonds is 3. The standard InChI is InChI=1S/C10H10F2N2O2/c11-7-3-6(5-10(13)1-2-10)9(14(15)16)4-8(7)12/h3-4H,1-2,5,13H2. The SMILES string of the molecule is NC1(Cc2cc(F)c(F)cc2[N+](=O)[O-])CC1. The van der Waals surface area contributed by atoms with Crippen molar-refractivity contribution >= 4 is 5.69 Å². The lowest BCUT2D eigenvalue weighted by Gasteiger charge is -2.09. The minimum atomic E-state index is -1.21. The van der Waals surface area contributed by atoms with Crippen molar-refractivity contribution in [2.75, 3.05) is 0 Å². The van der Waals surface area contributed by atoms with Gasteiger partial charge < -0.3 is 5.73 Å². The quantitative estimate of drug-likeness (QED) is 0.634. The average molecular weight is 228 g/mol. The van der Waals surface area contributed by atoms with Crippen molar-refractivity contribution in [1.29, 1.82) is 0 Å². The van der Waals surface area contributed by atoms with Crippen molar-refractivity contribution in [3.8, 4) is 0 Å². The van der Waals surface area contributed by atoms with Gasteiger partial charge in [0.2, 0.25) is 0 Å². The Kier molecular flexibility index (Phi) is 2.38. The van der Waals surface area contributed by atoms with E-state index in [0.717, 1.165) is 18.9 Å². The zero-order valence-electron chi connectivity index (χ0n) is 8.37. The van der Waals surface area contributed by atoms with E-state index in [1.165, 1.54) is 0 Å². The van der Waals surface area contributed by atoms with Crippen molar-refractivity contribution in [2.45, 2.75) is 24.8 Å². The molecule has 1 aromatic carbocycles. The van der Waals surface area contributed by atoms with E-state index in [9.17, 15) is 18.9 Å². The van der Waals surface area contributed by atoms with Crippen molar-refractivity contribution < 1.29 is 13.7 Å². The topological polar surface area (TPSA) is 69.2 Å². The van der Waals surface area contributed by atoms with Crippen LogP contribution in [0.15, 0.2) is 12.1 Å². The van der Waals surface area contributed by atoms with Gasteiger partial charge in [-0.1, -0.05) is 0 Å². The number of hydrogen-bond donors (Lipinski definition) is 1. The maximum Gasteiger partial charge on any atom is 0.275 e. The van der Waals surface area contributed by atoms with Gasteiger partial charge in [-0.15, -0.1) is 0 Å². The molecule has 0 amide bonds. The van der Waals surface area contributed by atoms with Gasteiger partial charge in [-0.05, 0) is 25.3 Å². The zero-order chi connectivity index (χ0) is 11.9. The van der Waals surface area contributed by atoms with E-state index in [1.54, 1.807) is 0 Å². The predicted molar refractivity (Wildman–Crippen MR) is 52.9 cm³/mol. The lowest BCUT2D eigenvalue weighted by atomic mass is 10.0. The summed E-state index contributed by atoms with van der Waals surface area (Å²) in [6.07, 6.45) is 1.72. The van der Waals surface area contributed by atoms with Gasteiger partial charge in [-0.25, -0.2) is 8.78 Å². The molecule has 2 N–H and O–H groups in total. The molecular formula is C10H10F2N2O2. The summed E-state index contributed by atoms with van der Waals surface area (Å²) in [7, 11) is 0. The van der Waals surface area contributed by atoms with E-state index >= 15 is 0 Å². The zero-order valence-corrected chi connectivity index (χ0v) is 8.37. The second-order valence-corrected chi connectivity index (χ2v) is 4.19. The van der Waals surface area contributed by atoms with E-state index in [-0.39, 0.29) is 12.0 Å². The fourth-order valence-electron chi connectivity index (χ4n) is 1.61. The number of hydrogen-bond acceptors (Lipinski definition) is 3. The predicted octanol–water partition coefficient (Wildman–Crippen LogP) is 1.91. The molecule has 0 radical (unpaired) electrons. The molecule has 0 aromatic heterocycles. The molecule has 2 rings (SSSR count). The Hall–Kier alpha value is -1.56. The van der Waals surface area contributed by atoms with Crippen LogP contribution in [0.2, 0.25) is 0 Å². The first-order chi connectivity index (χ1) is 7.41. The van der Waals surface area contributed by atoms with Gasteiger partial charge in [-0.2, -0.15) is 0 Å². The summed E-state index contributed by atoms with van der Waals surface area (Å²) in [5.41, 5.74) is 5.07. The molecule has 0 aliphatic heterocycles. The van der Waals surface area contributed by atoms with Crippen LogP contribution in [0.4, 0.5) is 14.5 Å². The van der Waals surface area contributed by atoms with Crippen LogP contribution in [-0.4, -0.2) is 10.5 Å². The Morgan fingerprint density at radius 3 is 2.44 bits per heavy atom. The smallest absolute Gasteiger partial charge is 0.275 e. The number of nitro benzene ring substituents is 1. The molecule has 0 spiro atoms. The largest absolute Gasteiger partial charge is 0.325 e. The molecular weight excluding hydrogens is 218 g/mol. The van der Waals surface area contributed by atoms with Gasteiger partial charge in [0, 0.05) is 11.1 Å². The lowest BCUT2D eigenvalue weighted by Crippen LogP contribution is -2.25. The molecule has 1 aliphatic rings. The van der Waals surface area contributed by atoms with Gasteiger partial charge in [-0.3, -0.25) is 10.1 Å². The van der Waals surface area contributed by atoms with E-state index in [0.29, 0.717) is 6.07 Å². The summed E-state index contributed by atoms with van der Waals surface area (Å²) in [5, 5.41) is 10.7. The fourth-order valence-corrected chi connectivity index (χ4v) is 1.61. The van der Waals surface area contributed by atoms with Crippen LogP contribution >= 0.6 is 0 Å². The van der Waals surface area contributed by atoms with Crippen molar-refractivity contribution in [3.05, 3.63) is 39.4 Å². The Morgan fingerprint density at radius 2 is 1.94 bits per heavy atom. The normalized spacial score (nSPS) is 17.2. The van der Waals surface area contributed by atoms with Crippen molar-refractivity contribution in [2.24, 2.45) is 5.73 Å². The van der Waals surface area contributed by atoms with Crippen molar-refractivity contribution in [1.82, 2.24) is 0 Å². The van der Waals surface area contributed by atoms with Crippen LogP contribution < -0.4 is 5.73 Å². The highest BCUT2D eigenvalue weighted by atomic mass is 19.2. The summed E-state index contributed by atoms with van der Waals surface area (Å²) in [5.74, 6) is -2.29. The molecule has 0 bridgehead atoms. The van der Waals surface area contributed by atoms with E-state index < -0.39 is 27.8 Å². The maximum atomic E-state index is 13.0. The highest BCUT2D eigenvalue weighted by Gasteiger charge is 2.40. The minimum absolute atomic E-state index is 0.156. The number of benzene rings is 1. The van der Waals surface area contributed by atoms with Gasteiger partial charge in [0.05, 0.1) is 11.0 Å². The Balaban J connectivity index is 2.41. The van der Waals surface area contributed by atoms with E-state index in [4.69, 9.17) is 5.73 Å². The molecule has 1 saturated carbocycles. The molecule has 16 heavy (non-hydrogen) atoms. The third-order valence-electron chi connectivity index (χ3n) is 2.75. The molecule has 1 aromatic rings. The third kappa shape index (κ3) is 2.01. The van der Waals surface area contributed by atoms with Crippen LogP contribution in [0.25, 0.3) is 0 Å². The van der Waals surface area contributed by atoms with Crippen LogP contribution in [-0.2, 0) is 6.42 Å². The van der Waals surface area contributed by atoms with E-state index in [1.807, 2.05) is 0 Å². The first-order valence-corrected chi connectivity index (χ1v) is 4.82. The second-order valence-electron chi connectivity index (χ2n) is 4.19. The molecule has 1 fully saturated rings. The van der Waals surface area contributed by atoms with Crippen LogP contribution in [0.3, 0.4) is 0 Å². The number of nitrogens with zero attached hydrogens (tertiary/aromatic N) is 1. The molecule has 0 unspecified atom stereocenters. The number of nitrogens with two attached hydrogens (primary N) is 1. The molecule has 0 heterocycles. The summed E-state index contributed by atoms with van der Waals surface area (Å²) >= 11 is 0. The lowest BCUT2D eigenvalue weighted by molar-refractivity contribution is -0.385. The Morgan fingerprint density at radius 1 is 1.38 bits per heavy atom. The molecule has 0 saturated heterocycles. The molecule has 1 aliphatic carbocycles. The minimum Gasteiger partial charge on any atom is -0.325 e. The van der Waals surface area contributed by atoms with E-state index in [2.05, 4.69) is 0 Å². The molecule has 4 nitrogen and oxygen atoms in total. The summed E-state index contributed by atoms with van der Waals surface area (Å²) in [6.45, 7) is 0. The van der Waals surface area contributed by atoms with Crippen LogP contribution in [0.5, 0.6) is 0 Å². The van der Waals surface area contributed by atoms with Crippen LogP contribution in [0, 0.1) is 21.7 Å². The monoisotopic (exact) mass is 228 g/mol. The third-order valence-corrected chi connectivity index (χ3v) is 2.75. The molecule has 86 valence electrons. The van der Waals surface area contributed by atoms with Gasteiger partial charge >= 0.3 is 0 Å². The summed E-state index contributed by atoms with van der Waals surface area (Å²) in [6, 6.07) is 1.47. The highest BCUT2D eigenvalue weighted by molar-refractivity contribution is 5.42.